The van der Waals surface area contributed by atoms with Gasteiger partial charge in [0, 0.05) is 11.6 Å². The van der Waals surface area contributed by atoms with Gasteiger partial charge in [0.15, 0.2) is 0 Å². The highest BCUT2D eigenvalue weighted by Gasteiger charge is 2.24. The van der Waals surface area contributed by atoms with Crippen LogP contribution in [0.1, 0.15) is 46.5 Å². The first-order valence-corrected chi connectivity index (χ1v) is 6.67. The van der Waals surface area contributed by atoms with Crippen LogP contribution in [0.25, 0.3) is 0 Å². The molecule has 1 amide bonds. The van der Waals surface area contributed by atoms with Crippen LogP contribution in [0.4, 0.5) is 0 Å². The lowest BCUT2D eigenvalue weighted by Gasteiger charge is -2.31. The zero-order chi connectivity index (χ0) is 12.9. The highest BCUT2D eigenvalue weighted by Crippen LogP contribution is 2.23. The quantitative estimate of drug-likeness (QED) is 0.688. The smallest absolute Gasteiger partial charge is 0.234 e. The van der Waals surface area contributed by atoms with E-state index in [0.29, 0.717) is 18.5 Å². The average molecular weight is 241 g/mol. The second-order valence-corrected chi connectivity index (χ2v) is 6.07. The maximum Gasteiger partial charge on any atom is 0.234 e. The van der Waals surface area contributed by atoms with E-state index in [1.807, 2.05) is 20.8 Å². The molecule has 4 N–H and O–H groups in total. The van der Waals surface area contributed by atoms with E-state index in [9.17, 15) is 4.79 Å². The summed E-state index contributed by atoms with van der Waals surface area (Å²) in [7, 11) is 0. The number of rotatable bonds is 4. The minimum atomic E-state index is -0.154. The van der Waals surface area contributed by atoms with Crippen LogP contribution in [0.5, 0.6) is 0 Å². The zero-order valence-electron chi connectivity index (χ0n) is 11.4. The Balaban J connectivity index is 2.31. The van der Waals surface area contributed by atoms with Crippen molar-refractivity contribution < 1.29 is 4.79 Å². The Hall–Kier alpha value is -0.610. The van der Waals surface area contributed by atoms with Crippen molar-refractivity contribution in [3.63, 3.8) is 0 Å². The molecule has 0 aromatic carbocycles. The SMILES string of the molecule is CC(C)(C)NC(=O)CNC1CCCCC1CN. The largest absolute Gasteiger partial charge is 0.350 e. The highest BCUT2D eigenvalue weighted by molar-refractivity contribution is 5.78. The van der Waals surface area contributed by atoms with E-state index < -0.39 is 0 Å². The van der Waals surface area contributed by atoms with Crippen LogP contribution in [0.3, 0.4) is 0 Å². The predicted molar refractivity (Wildman–Crippen MR) is 70.7 cm³/mol. The van der Waals surface area contributed by atoms with Crippen LogP contribution in [0.15, 0.2) is 0 Å². The fourth-order valence-corrected chi connectivity index (χ4v) is 2.44. The molecule has 17 heavy (non-hydrogen) atoms. The molecule has 0 aromatic rings. The summed E-state index contributed by atoms with van der Waals surface area (Å²) in [5.74, 6) is 0.602. The van der Waals surface area contributed by atoms with Crippen molar-refractivity contribution in [2.45, 2.75) is 58.0 Å². The van der Waals surface area contributed by atoms with E-state index in [1.165, 1.54) is 19.3 Å². The second kappa shape index (κ2) is 6.36. The molecule has 1 aliphatic rings. The van der Waals surface area contributed by atoms with Crippen LogP contribution in [0.2, 0.25) is 0 Å². The molecule has 0 bridgehead atoms. The van der Waals surface area contributed by atoms with Gasteiger partial charge in [-0.25, -0.2) is 0 Å². The van der Waals surface area contributed by atoms with Gasteiger partial charge in [-0.05, 0) is 46.1 Å². The summed E-state index contributed by atoms with van der Waals surface area (Å²) >= 11 is 0. The van der Waals surface area contributed by atoms with Crippen molar-refractivity contribution in [2.24, 2.45) is 11.7 Å². The molecule has 1 fully saturated rings. The predicted octanol–water partition coefficient (Wildman–Crippen LogP) is 1.01. The Bertz CT molecular complexity index is 248. The van der Waals surface area contributed by atoms with Crippen molar-refractivity contribution in [2.75, 3.05) is 13.1 Å². The number of nitrogens with one attached hydrogen (secondary N) is 2. The van der Waals surface area contributed by atoms with Gasteiger partial charge in [0.25, 0.3) is 0 Å². The monoisotopic (exact) mass is 241 g/mol. The number of carbonyl (C=O) groups excluding carboxylic acids is 1. The summed E-state index contributed by atoms with van der Waals surface area (Å²) in [6.07, 6.45) is 4.85. The third-order valence-electron chi connectivity index (χ3n) is 3.25. The van der Waals surface area contributed by atoms with E-state index in [2.05, 4.69) is 10.6 Å². The molecule has 0 heterocycles. The Kier molecular flexibility index (Phi) is 5.40. The van der Waals surface area contributed by atoms with Crippen LogP contribution in [-0.2, 0) is 4.79 Å². The minimum absolute atomic E-state index is 0.0684. The molecular formula is C13H27N3O. The van der Waals surface area contributed by atoms with Gasteiger partial charge in [-0.3, -0.25) is 4.79 Å². The molecule has 1 rings (SSSR count). The van der Waals surface area contributed by atoms with Gasteiger partial charge < -0.3 is 16.4 Å². The summed E-state index contributed by atoms with van der Waals surface area (Å²) in [4.78, 5) is 11.7. The molecule has 4 nitrogen and oxygen atoms in total. The van der Waals surface area contributed by atoms with Crippen molar-refractivity contribution in [1.29, 1.82) is 0 Å². The summed E-state index contributed by atoms with van der Waals surface area (Å²) in [6, 6.07) is 0.416. The normalized spacial score (nSPS) is 25.6. The van der Waals surface area contributed by atoms with Gasteiger partial charge in [0.1, 0.15) is 0 Å². The first-order chi connectivity index (χ1) is 7.92. The fraction of sp³-hybridized carbons (Fsp3) is 0.923. The number of nitrogens with two attached hydrogens (primary N) is 1. The number of hydrogen-bond acceptors (Lipinski definition) is 3. The van der Waals surface area contributed by atoms with Crippen LogP contribution < -0.4 is 16.4 Å². The Labute approximate surface area is 105 Å². The minimum Gasteiger partial charge on any atom is -0.350 e. The Morgan fingerprint density at radius 3 is 2.53 bits per heavy atom. The standard InChI is InChI=1S/C13H27N3O/c1-13(2,3)16-12(17)9-15-11-7-5-4-6-10(11)8-14/h10-11,15H,4-9,14H2,1-3H3,(H,16,17). The third kappa shape index (κ3) is 5.50. The lowest BCUT2D eigenvalue weighted by Crippen LogP contribution is -2.49. The average Bonchev–Trinajstić information content (AvgIpc) is 2.24. The van der Waals surface area contributed by atoms with Crippen molar-refractivity contribution >= 4 is 5.91 Å². The lowest BCUT2D eigenvalue weighted by atomic mass is 9.84. The van der Waals surface area contributed by atoms with Crippen LogP contribution in [-0.4, -0.2) is 30.6 Å². The van der Waals surface area contributed by atoms with E-state index in [4.69, 9.17) is 5.73 Å². The molecule has 1 saturated carbocycles. The fourth-order valence-electron chi connectivity index (χ4n) is 2.44. The van der Waals surface area contributed by atoms with E-state index >= 15 is 0 Å². The van der Waals surface area contributed by atoms with Crippen molar-refractivity contribution in [3.05, 3.63) is 0 Å². The lowest BCUT2D eigenvalue weighted by molar-refractivity contribution is -0.121. The molecule has 2 unspecified atom stereocenters. The van der Waals surface area contributed by atoms with Crippen LogP contribution >= 0.6 is 0 Å². The summed E-state index contributed by atoms with van der Waals surface area (Å²) in [5.41, 5.74) is 5.61. The molecule has 0 aliphatic heterocycles. The second-order valence-electron chi connectivity index (χ2n) is 6.07. The third-order valence-corrected chi connectivity index (χ3v) is 3.25. The molecule has 100 valence electrons. The van der Waals surface area contributed by atoms with E-state index in [0.717, 1.165) is 13.0 Å². The maximum absolute atomic E-state index is 11.7. The number of amides is 1. The van der Waals surface area contributed by atoms with Gasteiger partial charge in [0.2, 0.25) is 5.91 Å². The zero-order valence-corrected chi connectivity index (χ0v) is 11.4. The molecule has 0 aromatic heterocycles. The highest BCUT2D eigenvalue weighted by atomic mass is 16.2. The van der Waals surface area contributed by atoms with Gasteiger partial charge in [-0.1, -0.05) is 12.8 Å². The Morgan fingerprint density at radius 1 is 1.29 bits per heavy atom. The van der Waals surface area contributed by atoms with Crippen LogP contribution in [0, 0.1) is 5.92 Å². The molecule has 0 radical (unpaired) electrons. The first kappa shape index (κ1) is 14.5. The van der Waals surface area contributed by atoms with Gasteiger partial charge >= 0.3 is 0 Å². The van der Waals surface area contributed by atoms with Gasteiger partial charge in [-0.15, -0.1) is 0 Å². The molecule has 4 heteroatoms. The Morgan fingerprint density at radius 2 is 1.94 bits per heavy atom. The molecule has 1 aliphatic carbocycles. The van der Waals surface area contributed by atoms with E-state index in [1.54, 1.807) is 0 Å². The number of carbonyl (C=O) groups is 1. The summed E-state index contributed by atoms with van der Waals surface area (Å²) in [5, 5.41) is 6.31. The summed E-state index contributed by atoms with van der Waals surface area (Å²) in [6.45, 7) is 7.10. The van der Waals surface area contributed by atoms with E-state index in [-0.39, 0.29) is 11.4 Å². The maximum atomic E-state index is 11.7. The van der Waals surface area contributed by atoms with Crippen molar-refractivity contribution in [1.82, 2.24) is 10.6 Å². The molecule has 2 atom stereocenters. The molecule has 0 spiro atoms. The topological polar surface area (TPSA) is 67.2 Å². The van der Waals surface area contributed by atoms with Crippen molar-refractivity contribution in [3.8, 4) is 0 Å². The van der Waals surface area contributed by atoms with Gasteiger partial charge in [-0.2, -0.15) is 0 Å². The molecular weight excluding hydrogens is 214 g/mol. The first-order valence-electron chi connectivity index (χ1n) is 6.67. The molecule has 0 saturated heterocycles. The summed E-state index contributed by atoms with van der Waals surface area (Å²) < 4.78 is 0. The number of hydrogen-bond donors (Lipinski definition) is 3. The van der Waals surface area contributed by atoms with Gasteiger partial charge in [0.05, 0.1) is 6.54 Å².